The van der Waals surface area contributed by atoms with Crippen molar-refractivity contribution in [3.8, 4) is 0 Å². The summed E-state index contributed by atoms with van der Waals surface area (Å²) in [6.07, 6.45) is 0. The van der Waals surface area contributed by atoms with E-state index in [9.17, 15) is 9.59 Å². The number of nitrogens with two attached hydrogens (primary N) is 1. The number of ether oxygens (including phenoxy) is 1. The number of carbonyl (C=O) groups is 2. The van der Waals surface area contributed by atoms with Gasteiger partial charge in [-0.05, 0) is 0 Å². The molecular formula is C7H14N2O4S. The monoisotopic (exact) mass is 222 g/mol. The van der Waals surface area contributed by atoms with Crippen molar-refractivity contribution in [3.05, 3.63) is 0 Å². The molecular weight excluding hydrogens is 208 g/mol. The van der Waals surface area contributed by atoms with Gasteiger partial charge in [-0.1, -0.05) is 0 Å². The Morgan fingerprint density at radius 2 is 2.21 bits per heavy atom. The van der Waals surface area contributed by atoms with E-state index in [1.807, 2.05) is 0 Å². The van der Waals surface area contributed by atoms with Crippen LogP contribution in [0.4, 0.5) is 0 Å². The summed E-state index contributed by atoms with van der Waals surface area (Å²) in [5.74, 6) is -1.11. The topological polar surface area (TPSA) is 102 Å². The smallest absolute Gasteiger partial charge is 0.330 e. The third-order valence-electron chi connectivity index (χ3n) is 1.52. The van der Waals surface area contributed by atoms with Crippen molar-refractivity contribution in [1.82, 2.24) is 5.32 Å². The SMILES string of the molecule is COC(=O)[C@H](CO)NC(=O)[C@@H](N)CS. The zero-order chi connectivity index (χ0) is 11.1. The summed E-state index contributed by atoms with van der Waals surface area (Å²) in [5.41, 5.74) is 5.34. The number of hydrogen-bond acceptors (Lipinski definition) is 6. The molecule has 1 amide bonds. The average molecular weight is 222 g/mol. The van der Waals surface area contributed by atoms with Crippen molar-refractivity contribution in [1.29, 1.82) is 0 Å². The van der Waals surface area contributed by atoms with Crippen LogP contribution in [0.2, 0.25) is 0 Å². The first kappa shape index (κ1) is 13.2. The van der Waals surface area contributed by atoms with Crippen LogP contribution in [0.25, 0.3) is 0 Å². The van der Waals surface area contributed by atoms with Crippen molar-refractivity contribution >= 4 is 24.5 Å². The molecule has 0 saturated heterocycles. The Balaban J connectivity index is 4.18. The highest BCUT2D eigenvalue weighted by molar-refractivity contribution is 7.80. The van der Waals surface area contributed by atoms with Gasteiger partial charge >= 0.3 is 5.97 Å². The fourth-order valence-corrected chi connectivity index (χ4v) is 0.849. The van der Waals surface area contributed by atoms with Crippen molar-refractivity contribution < 1.29 is 19.4 Å². The standard InChI is InChI=1S/C7H14N2O4S/c1-13-7(12)5(2-10)9-6(11)4(8)3-14/h4-5,10,14H,2-3,8H2,1H3,(H,9,11)/t4-,5-/m0/s1. The quantitative estimate of drug-likeness (QED) is 0.315. The first-order valence-electron chi connectivity index (χ1n) is 3.92. The van der Waals surface area contributed by atoms with Crippen molar-refractivity contribution in [2.24, 2.45) is 5.73 Å². The number of thiol groups is 1. The minimum atomic E-state index is -1.07. The van der Waals surface area contributed by atoms with Gasteiger partial charge in [0.05, 0.1) is 19.8 Å². The van der Waals surface area contributed by atoms with Gasteiger partial charge in [-0.2, -0.15) is 12.6 Å². The summed E-state index contributed by atoms with van der Waals surface area (Å²) >= 11 is 3.82. The summed E-state index contributed by atoms with van der Waals surface area (Å²) in [6, 6.07) is -1.88. The lowest BCUT2D eigenvalue weighted by atomic mass is 10.2. The molecule has 0 aliphatic carbocycles. The van der Waals surface area contributed by atoms with Gasteiger partial charge in [-0.15, -0.1) is 0 Å². The number of aliphatic hydroxyl groups excluding tert-OH is 1. The molecule has 0 aromatic rings. The van der Waals surface area contributed by atoms with E-state index in [-0.39, 0.29) is 5.75 Å². The van der Waals surface area contributed by atoms with E-state index in [4.69, 9.17) is 10.8 Å². The fraction of sp³-hybridized carbons (Fsp3) is 0.714. The molecule has 0 unspecified atom stereocenters. The van der Waals surface area contributed by atoms with E-state index in [2.05, 4.69) is 22.7 Å². The van der Waals surface area contributed by atoms with Gasteiger partial charge in [0.15, 0.2) is 6.04 Å². The first-order valence-corrected chi connectivity index (χ1v) is 4.55. The number of hydrogen-bond donors (Lipinski definition) is 4. The lowest BCUT2D eigenvalue weighted by molar-refractivity contribution is -0.146. The van der Waals surface area contributed by atoms with Crippen LogP contribution < -0.4 is 11.1 Å². The van der Waals surface area contributed by atoms with E-state index in [0.29, 0.717) is 0 Å². The Morgan fingerprint density at radius 1 is 1.64 bits per heavy atom. The average Bonchev–Trinajstić information content (AvgIpc) is 2.22. The van der Waals surface area contributed by atoms with Crippen LogP contribution in [0.1, 0.15) is 0 Å². The first-order chi connectivity index (χ1) is 6.56. The molecule has 4 N–H and O–H groups in total. The van der Waals surface area contributed by atoms with E-state index in [0.717, 1.165) is 7.11 Å². The number of rotatable bonds is 5. The van der Waals surface area contributed by atoms with Gasteiger partial charge in [0, 0.05) is 5.75 Å². The Bertz CT molecular complexity index is 212. The molecule has 6 nitrogen and oxygen atoms in total. The van der Waals surface area contributed by atoms with Crippen molar-refractivity contribution in [2.75, 3.05) is 19.5 Å². The molecule has 7 heteroatoms. The maximum Gasteiger partial charge on any atom is 0.330 e. The summed E-state index contributed by atoms with van der Waals surface area (Å²) in [6.45, 7) is -0.530. The lowest BCUT2D eigenvalue weighted by Gasteiger charge is -2.16. The van der Waals surface area contributed by atoms with Crippen LogP contribution >= 0.6 is 12.6 Å². The molecule has 0 rings (SSSR count). The maximum absolute atomic E-state index is 11.2. The molecule has 2 atom stereocenters. The molecule has 0 aliphatic rings. The van der Waals surface area contributed by atoms with Gasteiger partial charge < -0.3 is 20.9 Å². The van der Waals surface area contributed by atoms with Gasteiger partial charge in [0.1, 0.15) is 0 Å². The Morgan fingerprint density at radius 3 is 2.57 bits per heavy atom. The number of methoxy groups -OCH3 is 1. The predicted molar refractivity (Wildman–Crippen MR) is 52.9 cm³/mol. The van der Waals surface area contributed by atoms with Crippen molar-refractivity contribution in [3.63, 3.8) is 0 Å². The second-order valence-electron chi connectivity index (χ2n) is 2.56. The third-order valence-corrected chi connectivity index (χ3v) is 1.91. The Kier molecular flexibility index (Phi) is 6.26. The van der Waals surface area contributed by atoms with Crippen LogP contribution in [0, 0.1) is 0 Å². The summed E-state index contributed by atoms with van der Waals surface area (Å²) in [4.78, 5) is 22.1. The van der Waals surface area contributed by atoms with Gasteiger partial charge in [0.25, 0.3) is 0 Å². The van der Waals surface area contributed by atoms with Crippen LogP contribution in [0.15, 0.2) is 0 Å². The van der Waals surface area contributed by atoms with Gasteiger partial charge in [0.2, 0.25) is 5.91 Å². The molecule has 14 heavy (non-hydrogen) atoms. The summed E-state index contributed by atoms with van der Waals surface area (Å²) in [7, 11) is 1.16. The summed E-state index contributed by atoms with van der Waals surface area (Å²) in [5, 5.41) is 11.0. The second-order valence-corrected chi connectivity index (χ2v) is 2.92. The third kappa shape index (κ3) is 3.95. The minimum Gasteiger partial charge on any atom is -0.467 e. The Labute approximate surface area is 87.2 Å². The Hall–Kier alpha value is -0.790. The van der Waals surface area contributed by atoms with Crippen LogP contribution in [0.3, 0.4) is 0 Å². The van der Waals surface area contributed by atoms with Gasteiger partial charge in [-0.25, -0.2) is 4.79 Å². The molecule has 0 saturated carbocycles. The highest BCUT2D eigenvalue weighted by Crippen LogP contribution is 1.90. The van der Waals surface area contributed by atoms with Crippen LogP contribution in [-0.2, 0) is 14.3 Å². The number of aliphatic hydroxyl groups is 1. The van der Waals surface area contributed by atoms with E-state index >= 15 is 0 Å². The molecule has 0 bridgehead atoms. The van der Waals surface area contributed by atoms with E-state index in [1.165, 1.54) is 0 Å². The van der Waals surface area contributed by atoms with Crippen LogP contribution in [0.5, 0.6) is 0 Å². The fourth-order valence-electron chi connectivity index (χ4n) is 0.683. The van der Waals surface area contributed by atoms with Gasteiger partial charge in [-0.3, -0.25) is 4.79 Å². The number of carbonyl (C=O) groups excluding carboxylic acids is 2. The molecule has 0 aliphatic heterocycles. The maximum atomic E-state index is 11.2. The molecule has 0 radical (unpaired) electrons. The number of nitrogens with one attached hydrogen (secondary N) is 1. The normalized spacial score (nSPS) is 14.3. The highest BCUT2D eigenvalue weighted by atomic mass is 32.1. The largest absolute Gasteiger partial charge is 0.467 e. The van der Waals surface area contributed by atoms with E-state index in [1.54, 1.807) is 0 Å². The second kappa shape index (κ2) is 6.63. The predicted octanol–water partition coefficient (Wildman–Crippen LogP) is -2.11. The van der Waals surface area contributed by atoms with Crippen molar-refractivity contribution in [2.45, 2.75) is 12.1 Å². The molecule has 0 spiro atoms. The minimum absolute atomic E-state index is 0.158. The molecule has 0 aromatic carbocycles. The molecule has 82 valence electrons. The molecule has 0 aromatic heterocycles. The summed E-state index contributed by atoms with van der Waals surface area (Å²) < 4.78 is 4.34. The highest BCUT2D eigenvalue weighted by Gasteiger charge is 2.22. The lowest BCUT2D eigenvalue weighted by Crippen LogP contribution is -2.50. The van der Waals surface area contributed by atoms with E-state index < -0.39 is 30.6 Å². The molecule has 0 heterocycles. The van der Waals surface area contributed by atoms with Crippen LogP contribution in [-0.4, -0.2) is 48.5 Å². The number of amides is 1. The molecule has 0 fully saturated rings. The zero-order valence-corrected chi connectivity index (χ0v) is 8.66. The number of esters is 1. The zero-order valence-electron chi connectivity index (χ0n) is 7.77.